The van der Waals surface area contributed by atoms with Crippen LogP contribution in [0, 0.1) is 0 Å². The third-order valence-electron chi connectivity index (χ3n) is 3.51. The Balaban J connectivity index is 1.92. The van der Waals surface area contributed by atoms with Crippen molar-refractivity contribution in [3.63, 3.8) is 0 Å². The summed E-state index contributed by atoms with van der Waals surface area (Å²) >= 11 is 0. The van der Waals surface area contributed by atoms with Gasteiger partial charge in [-0.1, -0.05) is 6.42 Å². The van der Waals surface area contributed by atoms with Gasteiger partial charge in [-0.3, -0.25) is 4.90 Å². The number of piperidine rings is 1. The van der Waals surface area contributed by atoms with E-state index >= 15 is 0 Å². The number of aromatic nitrogens is 4. The first-order valence-corrected chi connectivity index (χ1v) is 7.16. The number of aryl methyl sites for hydroxylation is 1. The molecule has 1 fully saturated rings. The number of nitrogens with zero attached hydrogens (tertiary/aromatic N) is 5. The van der Waals surface area contributed by atoms with Crippen molar-refractivity contribution in [2.24, 2.45) is 7.05 Å². The van der Waals surface area contributed by atoms with Gasteiger partial charge in [0.15, 0.2) is 5.82 Å². The molecule has 0 aliphatic carbocycles. The van der Waals surface area contributed by atoms with Gasteiger partial charge in [-0.25, -0.2) is 0 Å². The number of hydrogen-bond donors (Lipinski definition) is 1. The molecular weight excluding hydrogens is 240 g/mol. The van der Waals surface area contributed by atoms with Crippen LogP contribution in [-0.2, 0) is 13.6 Å². The van der Waals surface area contributed by atoms with Gasteiger partial charge < -0.3 is 5.32 Å². The molecule has 0 bridgehead atoms. The molecule has 1 saturated heterocycles. The molecule has 1 aromatic heterocycles. The highest BCUT2D eigenvalue weighted by Crippen LogP contribution is 2.18. The van der Waals surface area contributed by atoms with Gasteiger partial charge in [-0.05, 0) is 45.4 Å². The zero-order valence-corrected chi connectivity index (χ0v) is 12.6. The molecule has 0 aromatic carbocycles. The molecule has 1 aliphatic heterocycles. The Bertz CT molecular complexity index is 394. The fraction of sp³-hybridized carbons (Fsp3) is 0.923. The molecule has 1 atom stereocenters. The van der Waals surface area contributed by atoms with Gasteiger partial charge in [0.1, 0.15) is 0 Å². The van der Waals surface area contributed by atoms with Crippen molar-refractivity contribution in [1.29, 1.82) is 0 Å². The lowest BCUT2D eigenvalue weighted by molar-refractivity contribution is 0.128. The summed E-state index contributed by atoms with van der Waals surface area (Å²) in [4.78, 5) is 4.01. The molecule has 1 aliphatic rings. The van der Waals surface area contributed by atoms with Crippen LogP contribution >= 0.6 is 0 Å². The topological polar surface area (TPSA) is 58.9 Å². The van der Waals surface area contributed by atoms with Crippen LogP contribution in [0.15, 0.2) is 0 Å². The molecule has 2 rings (SSSR count). The average Bonchev–Trinajstić information content (AvgIpc) is 2.73. The first-order valence-electron chi connectivity index (χ1n) is 7.16. The highest BCUT2D eigenvalue weighted by molar-refractivity contribution is 4.86. The summed E-state index contributed by atoms with van der Waals surface area (Å²) in [6.45, 7) is 9.61. The summed E-state index contributed by atoms with van der Waals surface area (Å²) in [6.07, 6.45) is 3.84. The number of rotatable bonds is 4. The largest absolute Gasteiger partial charge is 0.311 e. The predicted molar refractivity (Wildman–Crippen MR) is 74.6 cm³/mol. The smallest absolute Gasteiger partial charge is 0.188 e. The highest BCUT2D eigenvalue weighted by atomic mass is 15.6. The van der Waals surface area contributed by atoms with Crippen molar-refractivity contribution >= 4 is 0 Å². The minimum atomic E-state index is 0.175. The minimum absolute atomic E-state index is 0.175. The van der Waals surface area contributed by atoms with Crippen LogP contribution in [0.4, 0.5) is 0 Å². The number of hydrogen-bond acceptors (Lipinski definition) is 5. The molecule has 1 aromatic rings. The number of likely N-dealkylation sites (tertiary alicyclic amines) is 1. The Kier molecular flexibility index (Phi) is 4.52. The predicted octanol–water partition coefficient (Wildman–Crippen LogP) is 0.953. The van der Waals surface area contributed by atoms with E-state index in [2.05, 4.69) is 46.4 Å². The zero-order valence-electron chi connectivity index (χ0n) is 12.6. The SMILES string of the molecule is Cn1nnc(CN2CCCCC2CNC(C)(C)C)n1. The van der Waals surface area contributed by atoms with Gasteiger partial charge in [0.2, 0.25) is 0 Å². The van der Waals surface area contributed by atoms with Crippen LogP contribution in [0.2, 0.25) is 0 Å². The average molecular weight is 266 g/mol. The van der Waals surface area contributed by atoms with Crippen LogP contribution in [-0.4, -0.2) is 49.8 Å². The summed E-state index contributed by atoms with van der Waals surface area (Å²) in [7, 11) is 1.81. The highest BCUT2D eigenvalue weighted by Gasteiger charge is 2.24. The van der Waals surface area contributed by atoms with E-state index in [4.69, 9.17) is 0 Å². The second-order valence-corrected chi connectivity index (χ2v) is 6.45. The van der Waals surface area contributed by atoms with E-state index in [1.807, 2.05) is 7.05 Å². The molecule has 108 valence electrons. The van der Waals surface area contributed by atoms with Crippen molar-refractivity contribution in [2.45, 2.75) is 58.2 Å². The molecule has 2 heterocycles. The maximum atomic E-state index is 4.28. The summed E-state index contributed by atoms with van der Waals surface area (Å²) in [5, 5.41) is 15.9. The summed E-state index contributed by atoms with van der Waals surface area (Å²) in [5.74, 6) is 0.824. The number of nitrogens with one attached hydrogen (secondary N) is 1. The molecule has 6 heteroatoms. The summed E-state index contributed by atoms with van der Waals surface area (Å²) in [6, 6.07) is 0.580. The molecule has 0 amide bonds. The van der Waals surface area contributed by atoms with E-state index in [1.165, 1.54) is 24.1 Å². The van der Waals surface area contributed by atoms with Gasteiger partial charge in [0, 0.05) is 18.1 Å². The number of tetrazole rings is 1. The Morgan fingerprint density at radius 3 is 2.74 bits per heavy atom. The van der Waals surface area contributed by atoms with Gasteiger partial charge in [0.05, 0.1) is 13.6 Å². The van der Waals surface area contributed by atoms with Crippen LogP contribution in [0.1, 0.15) is 45.9 Å². The second-order valence-electron chi connectivity index (χ2n) is 6.45. The maximum Gasteiger partial charge on any atom is 0.188 e. The zero-order chi connectivity index (χ0) is 13.9. The van der Waals surface area contributed by atoms with E-state index in [0.717, 1.165) is 25.5 Å². The first-order chi connectivity index (χ1) is 8.94. The van der Waals surface area contributed by atoms with E-state index in [0.29, 0.717) is 6.04 Å². The van der Waals surface area contributed by atoms with Gasteiger partial charge in [0.25, 0.3) is 0 Å². The van der Waals surface area contributed by atoms with Crippen molar-refractivity contribution in [1.82, 2.24) is 30.4 Å². The van der Waals surface area contributed by atoms with Gasteiger partial charge in [-0.2, -0.15) is 4.80 Å². The lowest BCUT2D eigenvalue weighted by Gasteiger charge is -2.36. The minimum Gasteiger partial charge on any atom is -0.311 e. The lowest BCUT2D eigenvalue weighted by Crippen LogP contribution is -2.49. The molecule has 0 radical (unpaired) electrons. The molecule has 19 heavy (non-hydrogen) atoms. The lowest BCUT2D eigenvalue weighted by atomic mass is 10.0. The van der Waals surface area contributed by atoms with Crippen LogP contribution in [0.25, 0.3) is 0 Å². The van der Waals surface area contributed by atoms with E-state index in [-0.39, 0.29) is 5.54 Å². The van der Waals surface area contributed by atoms with Crippen LogP contribution in [0.5, 0.6) is 0 Å². The quantitative estimate of drug-likeness (QED) is 0.879. The molecule has 1 unspecified atom stereocenters. The molecule has 0 spiro atoms. The molecule has 6 nitrogen and oxygen atoms in total. The Morgan fingerprint density at radius 2 is 2.11 bits per heavy atom. The van der Waals surface area contributed by atoms with Gasteiger partial charge in [-0.15, -0.1) is 10.2 Å². The Morgan fingerprint density at radius 1 is 1.32 bits per heavy atom. The molecule has 0 saturated carbocycles. The van der Waals surface area contributed by atoms with Crippen molar-refractivity contribution < 1.29 is 0 Å². The van der Waals surface area contributed by atoms with E-state index in [9.17, 15) is 0 Å². The van der Waals surface area contributed by atoms with Crippen LogP contribution in [0.3, 0.4) is 0 Å². The monoisotopic (exact) mass is 266 g/mol. The van der Waals surface area contributed by atoms with Crippen molar-refractivity contribution in [3.05, 3.63) is 5.82 Å². The second kappa shape index (κ2) is 5.96. The summed E-state index contributed by atoms with van der Waals surface area (Å²) < 4.78 is 0. The maximum absolute atomic E-state index is 4.28. The van der Waals surface area contributed by atoms with E-state index in [1.54, 1.807) is 0 Å². The third kappa shape index (κ3) is 4.54. The normalized spacial score (nSPS) is 21.8. The van der Waals surface area contributed by atoms with Crippen molar-refractivity contribution in [2.75, 3.05) is 13.1 Å². The summed E-state index contributed by atoms with van der Waals surface area (Å²) in [5.41, 5.74) is 0.175. The first kappa shape index (κ1) is 14.4. The molecular formula is C13H26N6. The Hall–Kier alpha value is -1.01. The van der Waals surface area contributed by atoms with Crippen molar-refractivity contribution in [3.8, 4) is 0 Å². The molecule has 1 N–H and O–H groups in total. The van der Waals surface area contributed by atoms with Gasteiger partial charge >= 0.3 is 0 Å². The fourth-order valence-electron chi connectivity index (χ4n) is 2.49. The fourth-order valence-corrected chi connectivity index (χ4v) is 2.49. The standard InChI is InChI=1S/C13H26N6/c1-13(2,3)14-9-11-7-5-6-8-19(11)10-12-15-17-18(4)16-12/h11,14H,5-10H2,1-4H3. The Labute approximate surface area is 115 Å². The van der Waals surface area contributed by atoms with Crippen LogP contribution < -0.4 is 5.32 Å². The third-order valence-corrected chi connectivity index (χ3v) is 3.51. The van der Waals surface area contributed by atoms with E-state index < -0.39 is 0 Å².